The third-order valence-electron chi connectivity index (χ3n) is 1.27. The van der Waals surface area contributed by atoms with Crippen molar-refractivity contribution in [2.24, 2.45) is 0 Å². The lowest BCUT2D eigenvalue weighted by Gasteiger charge is -1.90. The molecule has 0 bridgehead atoms. The number of aryl methyl sites for hydroxylation is 2. The molecule has 0 fully saturated rings. The Morgan fingerprint density at radius 2 is 2.00 bits per heavy atom. The van der Waals surface area contributed by atoms with Gasteiger partial charge in [-0.05, 0) is 19.9 Å². The Hall–Kier alpha value is -0.390. The van der Waals surface area contributed by atoms with Crippen LogP contribution in [0.3, 0.4) is 0 Å². The molecule has 0 spiro atoms. The van der Waals surface area contributed by atoms with Crippen molar-refractivity contribution in [2.75, 3.05) is 0 Å². The number of thiophene rings is 1. The maximum atomic E-state index is 10.6. The van der Waals surface area contributed by atoms with Crippen LogP contribution >= 0.6 is 11.3 Å². The summed E-state index contributed by atoms with van der Waals surface area (Å²) in [5.74, 6) is 0. The third kappa shape index (κ3) is 1.79. The molecule has 62 valence electrons. The quantitative estimate of drug-likeness (QED) is 0.688. The second-order valence-electron chi connectivity index (χ2n) is 2.25. The summed E-state index contributed by atoms with van der Waals surface area (Å²) in [5, 5.41) is 0. The summed E-state index contributed by atoms with van der Waals surface area (Å²) in [4.78, 5) is 1.54. The second-order valence-corrected chi connectivity index (χ2v) is 5.10. The highest BCUT2D eigenvalue weighted by Crippen LogP contribution is 2.24. The van der Waals surface area contributed by atoms with Crippen molar-refractivity contribution < 1.29 is 13.0 Å². The zero-order chi connectivity index (χ0) is 8.65. The largest absolute Gasteiger partial charge is 0.295 e. The van der Waals surface area contributed by atoms with Crippen LogP contribution in [0.5, 0.6) is 0 Å². The van der Waals surface area contributed by atoms with E-state index in [9.17, 15) is 8.42 Å². The van der Waals surface area contributed by atoms with Crippen molar-refractivity contribution in [2.45, 2.75) is 18.7 Å². The van der Waals surface area contributed by atoms with E-state index in [2.05, 4.69) is 0 Å². The molecule has 0 saturated heterocycles. The van der Waals surface area contributed by atoms with E-state index >= 15 is 0 Å². The van der Waals surface area contributed by atoms with Gasteiger partial charge in [0.15, 0.2) is 0 Å². The van der Waals surface area contributed by atoms with Crippen molar-refractivity contribution in [3.63, 3.8) is 0 Å². The van der Waals surface area contributed by atoms with Crippen LogP contribution in [0, 0.1) is 13.8 Å². The molecule has 0 amide bonds. The molecule has 0 aliphatic carbocycles. The number of hydrogen-bond donors (Lipinski definition) is 1. The number of hydrogen-bond acceptors (Lipinski definition) is 3. The Kier molecular flexibility index (Phi) is 2.04. The Balaban J connectivity index is 3.36. The molecule has 0 aliphatic heterocycles. The molecule has 5 heteroatoms. The van der Waals surface area contributed by atoms with E-state index in [0.717, 1.165) is 4.88 Å². The first-order valence-corrected chi connectivity index (χ1v) is 5.21. The molecule has 1 N–H and O–H groups in total. The van der Waals surface area contributed by atoms with Crippen LogP contribution in [0.1, 0.15) is 9.75 Å². The van der Waals surface area contributed by atoms with Gasteiger partial charge < -0.3 is 0 Å². The van der Waals surface area contributed by atoms with E-state index in [1.54, 1.807) is 13.8 Å². The van der Waals surface area contributed by atoms with Crippen LogP contribution in [-0.4, -0.2) is 13.0 Å². The lowest BCUT2D eigenvalue weighted by Crippen LogP contribution is -1.96. The summed E-state index contributed by atoms with van der Waals surface area (Å²) in [5.41, 5.74) is 0. The van der Waals surface area contributed by atoms with E-state index in [0.29, 0.717) is 4.88 Å². The standard InChI is InChI=1S/C6H8O3S2/c1-4-3-6(5(2)10-4)11(7,8)9/h3H,1-2H3,(H,7,8,9). The van der Waals surface area contributed by atoms with Crippen LogP contribution in [0.25, 0.3) is 0 Å². The van der Waals surface area contributed by atoms with Gasteiger partial charge in [0.25, 0.3) is 10.1 Å². The van der Waals surface area contributed by atoms with Crippen molar-refractivity contribution in [1.29, 1.82) is 0 Å². The van der Waals surface area contributed by atoms with Gasteiger partial charge in [-0.25, -0.2) is 0 Å². The molecule has 3 nitrogen and oxygen atoms in total. The Morgan fingerprint density at radius 3 is 2.18 bits per heavy atom. The minimum absolute atomic E-state index is 0.0278. The van der Waals surface area contributed by atoms with Gasteiger partial charge in [-0.2, -0.15) is 8.42 Å². The van der Waals surface area contributed by atoms with Crippen LogP contribution in [0.15, 0.2) is 11.0 Å². The normalized spacial score (nSPS) is 11.9. The highest BCUT2D eigenvalue weighted by atomic mass is 32.2. The maximum absolute atomic E-state index is 10.6. The van der Waals surface area contributed by atoms with E-state index in [1.165, 1.54) is 17.4 Å². The van der Waals surface area contributed by atoms with E-state index in [-0.39, 0.29) is 4.90 Å². The van der Waals surface area contributed by atoms with Gasteiger partial charge in [0.1, 0.15) is 4.90 Å². The molecule has 1 heterocycles. The van der Waals surface area contributed by atoms with Gasteiger partial charge in [-0.15, -0.1) is 11.3 Å². The smallest absolute Gasteiger partial charge is 0.282 e. The zero-order valence-electron chi connectivity index (χ0n) is 6.16. The van der Waals surface area contributed by atoms with Crippen molar-refractivity contribution in [3.8, 4) is 0 Å². The van der Waals surface area contributed by atoms with E-state index < -0.39 is 10.1 Å². The van der Waals surface area contributed by atoms with Crippen LogP contribution in [0.4, 0.5) is 0 Å². The molecular formula is C6H8O3S2. The zero-order valence-corrected chi connectivity index (χ0v) is 7.79. The molecule has 0 aliphatic rings. The summed E-state index contributed by atoms with van der Waals surface area (Å²) < 4.78 is 29.9. The Bertz CT molecular complexity index is 361. The van der Waals surface area contributed by atoms with Crippen molar-refractivity contribution in [3.05, 3.63) is 15.8 Å². The van der Waals surface area contributed by atoms with Gasteiger partial charge in [0, 0.05) is 9.75 Å². The van der Waals surface area contributed by atoms with Crippen LogP contribution in [-0.2, 0) is 10.1 Å². The minimum Gasteiger partial charge on any atom is -0.282 e. The predicted octanol–water partition coefficient (Wildman–Crippen LogP) is 1.61. The van der Waals surface area contributed by atoms with Gasteiger partial charge in [-0.3, -0.25) is 4.55 Å². The summed E-state index contributed by atoms with van der Waals surface area (Å²) in [7, 11) is -4.00. The lowest BCUT2D eigenvalue weighted by atomic mass is 10.4. The third-order valence-corrected chi connectivity index (χ3v) is 3.35. The van der Waals surface area contributed by atoms with Gasteiger partial charge in [0.05, 0.1) is 0 Å². The average molecular weight is 192 g/mol. The molecule has 1 aromatic rings. The lowest BCUT2D eigenvalue weighted by molar-refractivity contribution is 0.483. The molecular weight excluding hydrogens is 184 g/mol. The fourth-order valence-electron chi connectivity index (χ4n) is 0.864. The predicted molar refractivity (Wildman–Crippen MR) is 43.6 cm³/mol. The molecule has 1 aromatic heterocycles. The molecule has 0 unspecified atom stereocenters. The van der Waals surface area contributed by atoms with E-state index in [4.69, 9.17) is 4.55 Å². The van der Waals surface area contributed by atoms with Crippen molar-refractivity contribution >= 4 is 21.5 Å². The Labute approximate surface area is 69.4 Å². The summed E-state index contributed by atoms with van der Waals surface area (Å²) in [6.45, 7) is 3.47. The first-order chi connectivity index (χ1) is 4.91. The molecule has 0 aromatic carbocycles. The molecule has 11 heavy (non-hydrogen) atoms. The van der Waals surface area contributed by atoms with E-state index in [1.807, 2.05) is 0 Å². The molecule has 0 radical (unpaired) electrons. The van der Waals surface area contributed by atoms with Crippen LogP contribution in [0.2, 0.25) is 0 Å². The van der Waals surface area contributed by atoms with Crippen LogP contribution < -0.4 is 0 Å². The summed E-state index contributed by atoms with van der Waals surface area (Å²) in [6, 6.07) is 1.47. The summed E-state index contributed by atoms with van der Waals surface area (Å²) in [6.07, 6.45) is 0. The highest BCUT2D eigenvalue weighted by Gasteiger charge is 2.14. The fourth-order valence-corrected chi connectivity index (χ4v) is 2.89. The monoisotopic (exact) mass is 192 g/mol. The minimum atomic E-state index is -4.00. The van der Waals surface area contributed by atoms with Crippen molar-refractivity contribution in [1.82, 2.24) is 0 Å². The average Bonchev–Trinajstić information content (AvgIpc) is 2.08. The second kappa shape index (κ2) is 2.58. The van der Waals surface area contributed by atoms with Gasteiger partial charge in [-0.1, -0.05) is 0 Å². The first kappa shape index (κ1) is 8.70. The molecule has 0 saturated carbocycles. The highest BCUT2D eigenvalue weighted by molar-refractivity contribution is 7.86. The topological polar surface area (TPSA) is 54.4 Å². The van der Waals surface area contributed by atoms with Gasteiger partial charge >= 0.3 is 0 Å². The molecule has 1 rings (SSSR count). The summed E-state index contributed by atoms with van der Waals surface area (Å²) >= 11 is 1.36. The maximum Gasteiger partial charge on any atom is 0.295 e. The SMILES string of the molecule is Cc1cc(S(=O)(=O)O)c(C)s1. The first-order valence-electron chi connectivity index (χ1n) is 2.96. The fraction of sp³-hybridized carbons (Fsp3) is 0.333. The number of rotatable bonds is 1. The molecule has 0 atom stereocenters. The Morgan fingerprint density at radius 1 is 1.45 bits per heavy atom. The van der Waals surface area contributed by atoms with Gasteiger partial charge in [0.2, 0.25) is 0 Å².